The van der Waals surface area contributed by atoms with Crippen molar-refractivity contribution in [3.05, 3.63) is 127 Å². The number of nitrogens with two attached hydrogens (primary N) is 1. The van der Waals surface area contributed by atoms with Crippen molar-refractivity contribution in [2.45, 2.75) is 37.8 Å². The minimum atomic E-state index is -3.67. The average molecular weight is 963 g/mol. The fourth-order valence-electron chi connectivity index (χ4n) is 6.21. The first-order valence-electron chi connectivity index (χ1n) is 17.6. The molecule has 4 aromatic carbocycles. The lowest BCUT2D eigenvalue weighted by atomic mass is 10.0. The Morgan fingerprint density at radius 3 is 1.58 bits per heavy atom. The Hall–Kier alpha value is -3.56. The second-order valence-corrected chi connectivity index (χ2v) is 18.6. The summed E-state index contributed by atoms with van der Waals surface area (Å²) in [4.78, 5) is 25.1. The minimum absolute atomic E-state index is 0. The summed E-state index contributed by atoms with van der Waals surface area (Å²) in [6.45, 7) is 0.173. The van der Waals surface area contributed by atoms with E-state index >= 15 is 0 Å². The minimum Gasteiger partial charge on any atom is -0.384 e. The molecule has 0 aromatic heterocycles. The van der Waals surface area contributed by atoms with Gasteiger partial charge >= 0.3 is 0 Å². The molecule has 328 valence electrons. The molecule has 2 amide bonds. The van der Waals surface area contributed by atoms with Crippen LogP contribution in [0.1, 0.15) is 67.9 Å². The van der Waals surface area contributed by atoms with Crippen LogP contribution < -0.4 is 21.1 Å². The third-order valence-electron chi connectivity index (χ3n) is 8.97. The number of carbonyl (C=O) groups excluding carboxylic acids is 2. The maximum absolute atomic E-state index is 14.5. The molecule has 0 saturated carbocycles. The summed E-state index contributed by atoms with van der Waals surface area (Å²) in [5.41, 5.74) is 8.78. The van der Waals surface area contributed by atoms with Crippen LogP contribution in [0.5, 0.6) is 0 Å². The number of hydrogen-bond donors (Lipinski definition) is 4. The van der Waals surface area contributed by atoms with Crippen LogP contribution in [0.25, 0.3) is 0 Å². The van der Waals surface area contributed by atoms with E-state index in [2.05, 4.69) is 20.1 Å². The second kappa shape index (κ2) is 22.5. The number of methoxy groups -OCH3 is 2. The van der Waals surface area contributed by atoms with Gasteiger partial charge in [-0.1, -0.05) is 23.2 Å². The Balaban J connectivity index is 0.000000274. The van der Waals surface area contributed by atoms with Gasteiger partial charge in [-0.25, -0.2) is 39.1 Å². The number of ether oxygens (including phenoxy) is 2. The quantitative estimate of drug-likeness (QED) is 0.0812. The number of sulfonamides is 1. The number of amides is 2. The first kappa shape index (κ1) is 50.8. The Morgan fingerprint density at radius 2 is 1.13 bits per heavy atom. The fourth-order valence-corrected chi connectivity index (χ4v) is 8.29. The summed E-state index contributed by atoms with van der Waals surface area (Å²) in [6, 6.07) is 11.7. The topological polar surface area (TPSA) is 183 Å². The predicted molar refractivity (Wildman–Crippen MR) is 225 cm³/mol. The summed E-state index contributed by atoms with van der Waals surface area (Å²) in [6.07, 6.45) is 1.82. The number of halogens is 8. The molecule has 22 heteroatoms. The van der Waals surface area contributed by atoms with Crippen molar-refractivity contribution in [2.24, 2.45) is 5.73 Å². The number of fused-ring (bicyclic) bond motifs is 2. The lowest BCUT2D eigenvalue weighted by molar-refractivity contribution is 0.101. The van der Waals surface area contributed by atoms with Crippen molar-refractivity contribution in [3.63, 3.8) is 0 Å². The van der Waals surface area contributed by atoms with E-state index < -0.39 is 54.4 Å². The van der Waals surface area contributed by atoms with Gasteiger partial charge in [0, 0.05) is 64.6 Å². The zero-order valence-corrected chi connectivity index (χ0v) is 36.5. The predicted octanol–water partition coefficient (Wildman–Crippen LogP) is 7.86. The van der Waals surface area contributed by atoms with Gasteiger partial charge in [0.15, 0.2) is 0 Å². The summed E-state index contributed by atoms with van der Waals surface area (Å²) in [5, 5.41) is 5.02. The van der Waals surface area contributed by atoms with Crippen molar-refractivity contribution in [1.29, 1.82) is 0 Å². The third-order valence-corrected chi connectivity index (χ3v) is 12.0. The Morgan fingerprint density at radius 1 is 0.700 bits per heavy atom. The second-order valence-electron chi connectivity index (χ2n) is 13.0. The molecule has 6 rings (SSSR count). The van der Waals surface area contributed by atoms with Gasteiger partial charge in [-0.05, 0) is 97.5 Å². The van der Waals surface area contributed by atoms with Gasteiger partial charge in [0.05, 0.1) is 40.8 Å². The number of nitrogens with one attached hydrogen (secondary N) is 3. The van der Waals surface area contributed by atoms with Crippen LogP contribution in [0.4, 0.5) is 28.9 Å². The fraction of sp³-hybridized carbons (Fsp3) is 0.316. The molecule has 0 bridgehead atoms. The third kappa shape index (κ3) is 14.0. The van der Waals surface area contributed by atoms with Crippen LogP contribution in [-0.2, 0) is 41.4 Å². The highest BCUT2D eigenvalue weighted by atomic mass is 35.7. The van der Waals surface area contributed by atoms with Crippen molar-refractivity contribution >= 4 is 88.6 Å². The summed E-state index contributed by atoms with van der Waals surface area (Å²) >= 11 is 11.4. The average Bonchev–Trinajstić information content (AvgIpc) is 3.77. The zero-order chi connectivity index (χ0) is 43.7. The summed E-state index contributed by atoms with van der Waals surface area (Å²) in [5.74, 6) is -3.43. The SMILES string of the molecule is COCCS(=O)(=O)Cl.COCCS(=O)(=O)N[C@H]1CCc2c(C(=O)Nc3ccc(F)c(Cl)c3)ccc(F)c21.Cl.N[C@H]1CCc2c(C(=O)Nc3ccc(F)c(Cl)c3)ccc(F)c21. The van der Waals surface area contributed by atoms with Gasteiger partial charge in [0.2, 0.25) is 19.1 Å². The summed E-state index contributed by atoms with van der Waals surface area (Å²) in [7, 11) is 0.602. The molecule has 2 aliphatic carbocycles. The van der Waals surface area contributed by atoms with Crippen LogP contribution in [-0.4, -0.2) is 67.6 Å². The van der Waals surface area contributed by atoms with Gasteiger partial charge in [0.1, 0.15) is 23.3 Å². The van der Waals surface area contributed by atoms with E-state index in [0.717, 1.165) is 12.1 Å². The van der Waals surface area contributed by atoms with Crippen molar-refractivity contribution < 1.29 is 53.5 Å². The van der Waals surface area contributed by atoms with E-state index in [9.17, 15) is 44.0 Å². The Labute approximate surface area is 365 Å². The van der Waals surface area contributed by atoms with Crippen LogP contribution in [0.2, 0.25) is 10.0 Å². The molecule has 60 heavy (non-hydrogen) atoms. The van der Waals surface area contributed by atoms with Gasteiger partial charge in [0.25, 0.3) is 11.8 Å². The van der Waals surface area contributed by atoms with Gasteiger partial charge < -0.3 is 25.8 Å². The number of rotatable bonds is 12. The first-order chi connectivity index (χ1) is 27.7. The standard InChI is InChI=1S/C19H19ClF2N2O4S.C16H13ClF2N2O.C3H7ClO3S.ClH/c1-28-8-9-29(26,27)24-17-7-4-12-13(3-6-16(22)18(12)17)19(25)23-11-2-5-15(21)14(20)10-11;17-11-7-8(1-4-12(11)18)21-16(22)10-2-5-13(19)15-9(10)3-6-14(15)20;1-7-2-3-8(4,5)6;/h2-3,5-6,10,17,24H,4,7-9H2,1H3,(H,23,25);1-2,4-5,7,14H,3,6,20H2,(H,21,22);2-3H2,1H3;1H/t17-;14-;;/m00../s1. The molecule has 4 aromatic rings. The molecule has 0 aliphatic heterocycles. The zero-order valence-electron chi connectivity index (χ0n) is 31.8. The molecule has 5 N–H and O–H groups in total. The normalized spacial score (nSPS) is 15.3. The number of benzene rings is 4. The number of carbonyl (C=O) groups is 2. The lowest BCUT2D eigenvalue weighted by Gasteiger charge is -2.16. The monoisotopic (exact) mass is 960 g/mol. The van der Waals surface area contributed by atoms with E-state index in [-0.39, 0.29) is 75.8 Å². The molecular formula is C38H40Cl4F4N4O8S2. The van der Waals surface area contributed by atoms with Crippen molar-refractivity contribution in [2.75, 3.05) is 49.6 Å². The largest absolute Gasteiger partial charge is 0.384 e. The number of anilines is 2. The summed E-state index contributed by atoms with van der Waals surface area (Å²) < 4.78 is 111. The molecule has 2 aliphatic rings. The molecule has 0 unspecified atom stereocenters. The van der Waals surface area contributed by atoms with E-state index in [0.29, 0.717) is 53.6 Å². The molecule has 0 spiro atoms. The van der Waals surface area contributed by atoms with Crippen LogP contribution >= 0.6 is 46.3 Å². The highest BCUT2D eigenvalue weighted by Crippen LogP contribution is 2.37. The molecule has 0 saturated heterocycles. The highest BCUT2D eigenvalue weighted by Gasteiger charge is 2.33. The van der Waals surface area contributed by atoms with Gasteiger partial charge in [-0.15, -0.1) is 12.4 Å². The molecule has 0 radical (unpaired) electrons. The van der Waals surface area contributed by atoms with E-state index in [1.54, 1.807) is 0 Å². The smallest absolute Gasteiger partial charge is 0.255 e. The van der Waals surface area contributed by atoms with Crippen LogP contribution in [0.3, 0.4) is 0 Å². The van der Waals surface area contributed by atoms with Crippen LogP contribution in [0, 0.1) is 23.3 Å². The van der Waals surface area contributed by atoms with Crippen molar-refractivity contribution in [1.82, 2.24) is 4.72 Å². The van der Waals surface area contributed by atoms with E-state index in [1.165, 1.54) is 62.8 Å². The Kier molecular flexibility index (Phi) is 19.1. The van der Waals surface area contributed by atoms with Crippen LogP contribution in [0.15, 0.2) is 60.7 Å². The highest BCUT2D eigenvalue weighted by molar-refractivity contribution is 8.13. The maximum atomic E-state index is 14.5. The molecular weight excluding hydrogens is 922 g/mol. The van der Waals surface area contributed by atoms with E-state index in [1.807, 2.05) is 0 Å². The van der Waals surface area contributed by atoms with Crippen molar-refractivity contribution in [3.8, 4) is 0 Å². The first-order valence-corrected chi connectivity index (χ1v) is 22.4. The lowest BCUT2D eigenvalue weighted by Crippen LogP contribution is -2.31. The maximum Gasteiger partial charge on any atom is 0.255 e. The Bertz CT molecular complexity index is 2420. The molecule has 2 atom stereocenters. The molecule has 0 fully saturated rings. The van der Waals surface area contributed by atoms with Gasteiger partial charge in [-0.3, -0.25) is 9.59 Å². The van der Waals surface area contributed by atoms with E-state index in [4.69, 9.17) is 44.4 Å². The number of hydrogen-bond acceptors (Lipinski definition) is 9. The van der Waals surface area contributed by atoms with Gasteiger partial charge in [-0.2, -0.15) is 0 Å². The molecule has 0 heterocycles. The molecule has 12 nitrogen and oxygen atoms in total.